The lowest BCUT2D eigenvalue weighted by atomic mass is 10.0. The van der Waals surface area contributed by atoms with Gasteiger partial charge in [-0.25, -0.2) is 0 Å². The van der Waals surface area contributed by atoms with Gasteiger partial charge in [0.2, 0.25) is 0 Å². The van der Waals surface area contributed by atoms with Crippen LogP contribution in [0.3, 0.4) is 0 Å². The number of carboxylic acid groups (broad SMARTS) is 1. The molecule has 1 fully saturated rings. The van der Waals surface area contributed by atoms with E-state index >= 15 is 0 Å². The summed E-state index contributed by atoms with van der Waals surface area (Å²) in [6.45, 7) is 3.38. The zero-order valence-corrected chi connectivity index (χ0v) is 11.9. The molecule has 1 unspecified atom stereocenters. The van der Waals surface area contributed by atoms with Gasteiger partial charge in [0.15, 0.2) is 0 Å². The van der Waals surface area contributed by atoms with Crippen molar-refractivity contribution in [3.8, 4) is 0 Å². The molecule has 0 bridgehead atoms. The third-order valence-electron chi connectivity index (χ3n) is 3.78. The fourth-order valence-electron chi connectivity index (χ4n) is 2.48. The molecule has 0 aromatic rings. The predicted octanol–water partition coefficient (Wildman–Crippen LogP) is 0.680. The minimum Gasteiger partial charge on any atom is -0.481 e. The summed E-state index contributed by atoms with van der Waals surface area (Å²) in [5, 5.41) is 9.02. The molecule has 0 aromatic heterocycles. The molecule has 0 spiro atoms. The van der Waals surface area contributed by atoms with Gasteiger partial charge in [-0.1, -0.05) is 11.6 Å². The minimum atomic E-state index is -3.52. The predicted molar refractivity (Wildman–Crippen MR) is 70.8 cm³/mol. The number of rotatable bonds is 3. The van der Waals surface area contributed by atoms with E-state index in [0.717, 1.165) is 6.42 Å². The monoisotopic (exact) mass is 288 g/mol. The van der Waals surface area contributed by atoms with Crippen molar-refractivity contribution in [1.29, 1.82) is 0 Å². The van der Waals surface area contributed by atoms with Crippen LogP contribution < -0.4 is 0 Å². The highest BCUT2D eigenvalue weighted by Gasteiger charge is 2.35. The quantitative estimate of drug-likeness (QED) is 0.775. The van der Waals surface area contributed by atoms with Gasteiger partial charge in [0.05, 0.1) is 5.92 Å². The summed E-state index contributed by atoms with van der Waals surface area (Å²) in [5.74, 6) is -1.49. The molecule has 1 atom stereocenters. The van der Waals surface area contributed by atoms with E-state index < -0.39 is 22.1 Å². The van der Waals surface area contributed by atoms with Crippen LogP contribution in [0.2, 0.25) is 0 Å². The molecule has 1 saturated heterocycles. The Labute approximate surface area is 113 Å². The Morgan fingerprint density at radius 1 is 1.37 bits per heavy atom. The SMILES string of the molecule is CC1=CCN(S(=O)(=O)N2CCCC(C(=O)O)C2)CC1. The molecule has 1 N–H and O–H groups in total. The molecular formula is C12H20N2O4S. The Morgan fingerprint density at radius 3 is 2.68 bits per heavy atom. The molecule has 2 aliphatic rings. The molecule has 19 heavy (non-hydrogen) atoms. The molecule has 0 aliphatic carbocycles. The Morgan fingerprint density at radius 2 is 2.11 bits per heavy atom. The van der Waals surface area contributed by atoms with Crippen molar-refractivity contribution in [3.63, 3.8) is 0 Å². The number of carboxylic acids is 1. The number of carbonyl (C=O) groups is 1. The number of piperidine rings is 1. The fourth-order valence-corrected chi connectivity index (χ4v) is 4.12. The van der Waals surface area contributed by atoms with Gasteiger partial charge in [-0.15, -0.1) is 0 Å². The van der Waals surface area contributed by atoms with Crippen molar-refractivity contribution in [2.45, 2.75) is 26.2 Å². The summed E-state index contributed by atoms with van der Waals surface area (Å²) in [7, 11) is -3.52. The summed E-state index contributed by atoms with van der Waals surface area (Å²) in [6.07, 6.45) is 3.83. The van der Waals surface area contributed by atoms with Crippen LogP contribution in [0.5, 0.6) is 0 Å². The standard InChI is InChI=1S/C12H20N2O4S/c1-10-4-7-13(8-5-10)19(17,18)14-6-2-3-11(9-14)12(15)16/h4,11H,2-3,5-9H2,1H3,(H,15,16). The molecule has 0 amide bonds. The largest absolute Gasteiger partial charge is 0.481 e. The van der Waals surface area contributed by atoms with Gasteiger partial charge < -0.3 is 5.11 Å². The van der Waals surface area contributed by atoms with Gasteiger partial charge in [0.1, 0.15) is 0 Å². The molecule has 6 nitrogen and oxygen atoms in total. The Hall–Kier alpha value is -0.920. The highest BCUT2D eigenvalue weighted by Crippen LogP contribution is 2.23. The normalized spacial score (nSPS) is 27.0. The second-order valence-corrected chi connectivity index (χ2v) is 7.13. The Balaban J connectivity index is 2.09. The van der Waals surface area contributed by atoms with E-state index in [4.69, 9.17) is 5.11 Å². The molecule has 0 aromatic carbocycles. The first kappa shape index (κ1) is 14.5. The highest BCUT2D eigenvalue weighted by atomic mass is 32.2. The van der Waals surface area contributed by atoms with Crippen molar-refractivity contribution in [2.24, 2.45) is 5.92 Å². The maximum absolute atomic E-state index is 12.4. The minimum absolute atomic E-state index is 0.0941. The van der Waals surface area contributed by atoms with Crippen LogP contribution in [0.15, 0.2) is 11.6 Å². The number of nitrogens with zero attached hydrogens (tertiary/aromatic N) is 2. The summed E-state index contributed by atoms with van der Waals surface area (Å²) in [5.41, 5.74) is 1.20. The van der Waals surface area contributed by atoms with E-state index in [2.05, 4.69) is 0 Å². The number of hydrogen-bond acceptors (Lipinski definition) is 3. The molecule has 0 radical (unpaired) electrons. The van der Waals surface area contributed by atoms with Crippen LogP contribution in [0.4, 0.5) is 0 Å². The molecular weight excluding hydrogens is 268 g/mol. The fraction of sp³-hybridized carbons (Fsp3) is 0.750. The topological polar surface area (TPSA) is 77.9 Å². The van der Waals surface area contributed by atoms with Crippen molar-refractivity contribution >= 4 is 16.2 Å². The lowest BCUT2D eigenvalue weighted by molar-refractivity contribution is -0.142. The molecule has 2 aliphatic heterocycles. The Kier molecular flexibility index (Phi) is 4.27. The zero-order valence-electron chi connectivity index (χ0n) is 11.1. The van der Waals surface area contributed by atoms with E-state index in [9.17, 15) is 13.2 Å². The third-order valence-corrected chi connectivity index (χ3v) is 5.75. The van der Waals surface area contributed by atoms with Crippen molar-refractivity contribution in [1.82, 2.24) is 8.61 Å². The van der Waals surface area contributed by atoms with E-state index in [1.807, 2.05) is 13.0 Å². The molecule has 7 heteroatoms. The second kappa shape index (κ2) is 5.60. The smallest absolute Gasteiger partial charge is 0.307 e. The van der Waals surface area contributed by atoms with Crippen molar-refractivity contribution < 1.29 is 18.3 Å². The van der Waals surface area contributed by atoms with Gasteiger partial charge in [-0.05, 0) is 26.2 Å². The molecule has 0 saturated carbocycles. The number of aliphatic carboxylic acids is 1. The van der Waals surface area contributed by atoms with Crippen molar-refractivity contribution in [3.05, 3.63) is 11.6 Å². The van der Waals surface area contributed by atoms with Crippen LogP contribution in [0, 0.1) is 5.92 Å². The maximum atomic E-state index is 12.4. The maximum Gasteiger partial charge on any atom is 0.307 e. The summed E-state index contributed by atoms with van der Waals surface area (Å²) < 4.78 is 27.6. The van der Waals surface area contributed by atoms with Crippen molar-refractivity contribution in [2.75, 3.05) is 26.2 Å². The first-order valence-electron chi connectivity index (χ1n) is 6.55. The van der Waals surface area contributed by atoms with E-state index in [1.54, 1.807) is 0 Å². The van der Waals surface area contributed by atoms with Crippen LogP contribution in [-0.4, -0.2) is 54.3 Å². The lowest BCUT2D eigenvalue weighted by Gasteiger charge is -2.35. The van der Waals surface area contributed by atoms with Gasteiger partial charge >= 0.3 is 5.97 Å². The van der Waals surface area contributed by atoms with Crippen LogP contribution in [-0.2, 0) is 15.0 Å². The van der Waals surface area contributed by atoms with Crippen LogP contribution >= 0.6 is 0 Å². The average Bonchev–Trinajstić information content (AvgIpc) is 2.39. The molecule has 2 rings (SSSR count). The second-order valence-electron chi connectivity index (χ2n) is 5.20. The van der Waals surface area contributed by atoms with Gasteiger partial charge in [0, 0.05) is 26.2 Å². The average molecular weight is 288 g/mol. The summed E-state index contributed by atoms with van der Waals surface area (Å²) >= 11 is 0. The first-order chi connectivity index (χ1) is 8.91. The van der Waals surface area contributed by atoms with E-state index in [0.29, 0.717) is 32.5 Å². The lowest BCUT2D eigenvalue weighted by Crippen LogP contribution is -2.50. The zero-order chi connectivity index (χ0) is 14.0. The van der Waals surface area contributed by atoms with Crippen LogP contribution in [0.25, 0.3) is 0 Å². The molecule has 2 heterocycles. The Bertz CT molecular complexity index is 486. The number of hydrogen-bond donors (Lipinski definition) is 1. The van der Waals surface area contributed by atoms with E-state index in [1.165, 1.54) is 14.2 Å². The first-order valence-corrected chi connectivity index (χ1v) is 7.94. The summed E-state index contributed by atoms with van der Waals surface area (Å²) in [6, 6.07) is 0. The van der Waals surface area contributed by atoms with Gasteiger partial charge in [-0.3, -0.25) is 4.79 Å². The van der Waals surface area contributed by atoms with E-state index in [-0.39, 0.29) is 6.54 Å². The van der Waals surface area contributed by atoms with Gasteiger partial charge in [0.25, 0.3) is 10.2 Å². The third kappa shape index (κ3) is 3.16. The highest BCUT2D eigenvalue weighted by molar-refractivity contribution is 7.86. The van der Waals surface area contributed by atoms with Crippen LogP contribution in [0.1, 0.15) is 26.2 Å². The van der Waals surface area contributed by atoms with Gasteiger partial charge in [-0.2, -0.15) is 17.0 Å². The molecule has 108 valence electrons. The summed E-state index contributed by atoms with van der Waals surface area (Å²) in [4.78, 5) is 11.0.